The molecule has 0 aliphatic rings. The zero-order chi connectivity index (χ0) is 13.8. The Morgan fingerprint density at radius 2 is 2.00 bits per heavy atom. The normalized spacial score (nSPS) is 14.2. The fraction of sp³-hybridized carbons (Fsp3) is 0.923. The second-order valence-electron chi connectivity index (χ2n) is 4.78. The first-order chi connectivity index (χ1) is 8.60. The maximum atomic E-state index is 11.6. The van der Waals surface area contributed by atoms with Crippen molar-refractivity contribution in [2.45, 2.75) is 58.5 Å². The highest BCUT2D eigenvalue weighted by Gasteiger charge is 2.07. The third-order valence-corrected chi connectivity index (χ3v) is 2.85. The molecule has 0 aliphatic heterocycles. The van der Waals surface area contributed by atoms with Crippen molar-refractivity contribution in [3.8, 4) is 0 Å². The predicted molar refractivity (Wildman–Crippen MR) is 76.3 cm³/mol. The van der Waals surface area contributed by atoms with Gasteiger partial charge in [0.15, 0.2) is 0 Å². The Hall–Kier alpha value is -0.650. The first kappa shape index (κ1) is 17.4. The van der Waals surface area contributed by atoms with E-state index in [9.17, 15) is 4.79 Å². The highest BCUT2D eigenvalue weighted by atomic mass is 16.1. The van der Waals surface area contributed by atoms with E-state index in [1.54, 1.807) is 0 Å². The van der Waals surface area contributed by atoms with E-state index in [0.29, 0.717) is 19.0 Å². The van der Waals surface area contributed by atoms with E-state index in [1.165, 1.54) is 0 Å². The molecule has 0 spiro atoms. The zero-order valence-corrected chi connectivity index (χ0v) is 12.1. The van der Waals surface area contributed by atoms with E-state index in [2.05, 4.69) is 36.7 Å². The molecule has 2 atom stereocenters. The van der Waals surface area contributed by atoms with Crippen LogP contribution >= 0.6 is 0 Å². The Bertz CT molecular complexity index is 211. The molecule has 0 radical (unpaired) electrons. The SMILES string of the molecule is CCCC(N)CNC(=O)CCC(C)NCNCC. The van der Waals surface area contributed by atoms with Gasteiger partial charge in [-0.25, -0.2) is 0 Å². The van der Waals surface area contributed by atoms with Gasteiger partial charge in [-0.2, -0.15) is 0 Å². The molecule has 0 rings (SSSR count). The van der Waals surface area contributed by atoms with E-state index in [0.717, 1.165) is 32.5 Å². The Morgan fingerprint density at radius 1 is 1.28 bits per heavy atom. The maximum Gasteiger partial charge on any atom is 0.220 e. The monoisotopic (exact) mass is 258 g/mol. The van der Waals surface area contributed by atoms with Crippen LogP contribution in [-0.2, 0) is 4.79 Å². The van der Waals surface area contributed by atoms with Crippen LogP contribution in [0.1, 0.15) is 46.5 Å². The van der Waals surface area contributed by atoms with Crippen molar-refractivity contribution in [3.63, 3.8) is 0 Å². The van der Waals surface area contributed by atoms with Gasteiger partial charge in [0.2, 0.25) is 5.91 Å². The molecular formula is C13H30N4O. The molecule has 5 nitrogen and oxygen atoms in total. The first-order valence-electron chi connectivity index (χ1n) is 7.06. The summed E-state index contributed by atoms with van der Waals surface area (Å²) in [6.07, 6.45) is 3.42. The number of nitrogens with two attached hydrogens (primary N) is 1. The average Bonchev–Trinajstić information content (AvgIpc) is 2.34. The lowest BCUT2D eigenvalue weighted by atomic mass is 10.1. The lowest BCUT2D eigenvalue weighted by Crippen LogP contribution is -2.38. The van der Waals surface area contributed by atoms with E-state index < -0.39 is 0 Å². The zero-order valence-electron chi connectivity index (χ0n) is 12.1. The summed E-state index contributed by atoms with van der Waals surface area (Å²) in [5.41, 5.74) is 5.83. The highest BCUT2D eigenvalue weighted by molar-refractivity contribution is 5.75. The topological polar surface area (TPSA) is 79.2 Å². The van der Waals surface area contributed by atoms with Crippen molar-refractivity contribution in [3.05, 3.63) is 0 Å². The molecule has 5 N–H and O–H groups in total. The number of amides is 1. The third-order valence-electron chi connectivity index (χ3n) is 2.85. The molecule has 108 valence electrons. The fourth-order valence-electron chi connectivity index (χ4n) is 1.63. The molecule has 0 heterocycles. The summed E-state index contributed by atoms with van der Waals surface area (Å²) in [5.74, 6) is 0.0960. The van der Waals surface area contributed by atoms with Gasteiger partial charge in [-0.3, -0.25) is 4.79 Å². The van der Waals surface area contributed by atoms with Crippen molar-refractivity contribution in [2.75, 3.05) is 19.8 Å². The number of hydrogen-bond donors (Lipinski definition) is 4. The Labute approximate surface area is 111 Å². The second kappa shape index (κ2) is 11.4. The van der Waals surface area contributed by atoms with E-state index in [4.69, 9.17) is 5.73 Å². The Kier molecular flexibility index (Phi) is 11.0. The van der Waals surface area contributed by atoms with Crippen LogP contribution < -0.4 is 21.7 Å². The summed E-state index contributed by atoms with van der Waals surface area (Å²) < 4.78 is 0. The van der Waals surface area contributed by atoms with Gasteiger partial charge < -0.3 is 21.7 Å². The van der Waals surface area contributed by atoms with E-state index >= 15 is 0 Å². The van der Waals surface area contributed by atoms with E-state index in [1.807, 2.05) is 0 Å². The number of hydrogen-bond acceptors (Lipinski definition) is 4. The van der Waals surface area contributed by atoms with Gasteiger partial charge in [-0.05, 0) is 26.3 Å². The van der Waals surface area contributed by atoms with Gasteiger partial charge in [0.25, 0.3) is 0 Å². The van der Waals surface area contributed by atoms with Crippen LogP contribution in [0, 0.1) is 0 Å². The fourth-order valence-corrected chi connectivity index (χ4v) is 1.63. The van der Waals surface area contributed by atoms with Crippen LogP contribution in [0.25, 0.3) is 0 Å². The quantitative estimate of drug-likeness (QED) is 0.322. The minimum absolute atomic E-state index is 0.0863. The number of nitrogens with one attached hydrogen (secondary N) is 3. The molecule has 0 aliphatic carbocycles. The van der Waals surface area contributed by atoms with Crippen molar-refractivity contribution in [1.82, 2.24) is 16.0 Å². The van der Waals surface area contributed by atoms with Crippen molar-refractivity contribution >= 4 is 5.91 Å². The third kappa shape index (κ3) is 10.5. The van der Waals surface area contributed by atoms with Crippen LogP contribution in [0.15, 0.2) is 0 Å². The van der Waals surface area contributed by atoms with Gasteiger partial charge in [0.1, 0.15) is 0 Å². The van der Waals surface area contributed by atoms with Gasteiger partial charge >= 0.3 is 0 Å². The van der Waals surface area contributed by atoms with Crippen LogP contribution in [0.5, 0.6) is 0 Å². The molecule has 18 heavy (non-hydrogen) atoms. The molecule has 0 saturated carbocycles. The number of carbonyl (C=O) groups is 1. The maximum absolute atomic E-state index is 11.6. The molecule has 0 aromatic heterocycles. The standard InChI is InChI=1S/C13H30N4O/c1-4-6-12(14)9-16-13(18)8-7-11(3)17-10-15-5-2/h11-12,15,17H,4-10,14H2,1-3H3,(H,16,18). The van der Waals surface area contributed by atoms with E-state index in [-0.39, 0.29) is 11.9 Å². The summed E-state index contributed by atoms with van der Waals surface area (Å²) in [4.78, 5) is 11.6. The second-order valence-corrected chi connectivity index (χ2v) is 4.78. The first-order valence-corrected chi connectivity index (χ1v) is 7.06. The summed E-state index contributed by atoms with van der Waals surface area (Å²) in [5, 5.41) is 9.38. The molecule has 0 aromatic rings. The largest absolute Gasteiger partial charge is 0.355 e. The predicted octanol–water partition coefficient (Wildman–Crippen LogP) is 0.555. The van der Waals surface area contributed by atoms with Crippen LogP contribution in [0.4, 0.5) is 0 Å². The number of carbonyl (C=O) groups excluding carboxylic acids is 1. The molecule has 1 amide bonds. The molecular weight excluding hydrogens is 228 g/mol. The lowest BCUT2D eigenvalue weighted by molar-refractivity contribution is -0.121. The number of rotatable bonds is 11. The molecule has 5 heteroatoms. The average molecular weight is 258 g/mol. The summed E-state index contributed by atoms with van der Waals surface area (Å²) in [7, 11) is 0. The molecule has 0 bridgehead atoms. The lowest BCUT2D eigenvalue weighted by Gasteiger charge is -2.15. The highest BCUT2D eigenvalue weighted by Crippen LogP contribution is 1.96. The summed E-state index contributed by atoms with van der Waals surface area (Å²) >= 11 is 0. The minimum atomic E-state index is 0.0863. The molecule has 0 saturated heterocycles. The summed E-state index contributed by atoms with van der Waals surface area (Å²) in [6.45, 7) is 8.59. The van der Waals surface area contributed by atoms with Crippen molar-refractivity contribution < 1.29 is 4.79 Å². The summed E-state index contributed by atoms with van der Waals surface area (Å²) in [6, 6.07) is 0.433. The van der Waals surface area contributed by atoms with Crippen molar-refractivity contribution in [1.29, 1.82) is 0 Å². The van der Waals surface area contributed by atoms with Gasteiger partial charge in [-0.15, -0.1) is 0 Å². The van der Waals surface area contributed by atoms with Crippen molar-refractivity contribution in [2.24, 2.45) is 5.73 Å². The molecule has 0 aromatic carbocycles. The van der Waals surface area contributed by atoms with Crippen LogP contribution in [-0.4, -0.2) is 37.7 Å². The molecule has 0 fully saturated rings. The van der Waals surface area contributed by atoms with Crippen LogP contribution in [0.3, 0.4) is 0 Å². The Morgan fingerprint density at radius 3 is 2.61 bits per heavy atom. The van der Waals surface area contributed by atoms with Crippen LogP contribution in [0.2, 0.25) is 0 Å². The minimum Gasteiger partial charge on any atom is -0.355 e. The van der Waals surface area contributed by atoms with Gasteiger partial charge in [0.05, 0.1) is 0 Å². The van der Waals surface area contributed by atoms with Gasteiger partial charge in [-0.1, -0.05) is 20.3 Å². The molecule has 2 unspecified atom stereocenters. The Balaban J connectivity index is 3.51. The van der Waals surface area contributed by atoms with Gasteiger partial charge in [0, 0.05) is 31.7 Å². The smallest absolute Gasteiger partial charge is 0.220 e.